The van der Waals surface area contributed by atoms with Crippen molar-refractivity contribution in [1.29, 1.82) is 0 Å². The van der Waals surface area contributed by atoms with Crippen molar-refractivity contribution in [2.45, 2.75) is 6.92 Å². The van der Waals surface area contributed by atoms with Crippen molar-refractivity contribution in [2.24, 2.45) is 0 Å². The lowest BCUT2D eigenvalue weighted by atomic mass is 10.0. The van der Waals surface area contributed by atoms with E-state index >= 15 is 0 Å². The summed E-state index contributed by atoms with van der Waals surface area (Å²) in [6.07, 6.45) is 4.37. The molecule has 0 unspecified atom stereocenters. The minimum atomic E-state index is 1.14. The van der Waals surface area contributed by atoms with E-state index in [1.165, 1.54) is 33.2 Å². The minimum Gasteiger partial charge on any atom is -0.354 e. The lowest BCUT2D eigenvalue weighted by molar-refractivity contribution is 1.42. The molecule has 0 saturated carbocycles. The fourth-order valence-electron chi connectivity index (χ4n) is 3.15. The summed E-state index contributed by atoms with van der Waals surface area (Å²) in [6.45, 7) is 2.14. The maximum absolute atomic E-state index is 3.57. The Labute approximate surface area is 142 Å². The molecule has 0 bridgehead atoms. The highest BCUT2D eigenvalue weighted by atomic mass is 14.7. The number of benzene rings is 3. The number of aromatic amines is 1. The molecule has 4 rings (SSSR count). The second kappa shape index (κ2) is 6.21. The van der Waals surface area contributed by atoms with Crippen LogP contribution in [0.2, 0.25) is 0 Å². The molecule has 116 valence electrons. The van der Waals surface area contributed by atoms with Crippen LogP contribution >= 0.6 is 0 Å². The maximum Gasteiger partial charge on any atom is 0.0471 e. The first-order valence-electron chi connectivity index (χ1n) is 8.23. The Morgan fingerprint density at radius 2 is 1.42 bits per heavy atom. The number of nitrogens with one attached hydrogen (secondary N) is 1. The molecular formula is C23H19N. The van der Waals surface area contributed by atoms with E-state index in [0.717, 1.165) is 5.69 Å². The van der Waals surface area contributed by atoms with Gasteiger partial charge in [0.05, 0.1) is 0 Å². The molecule has 0 aliphatic rings. The summed E-state index contributed by atoms with van der Waals surface area (Å²) in [6, 6.07) is 27.5. The summed E-state index contributed by atoms with van der Waals surface area (Å²) in [5, 5.41) is 1.26. The Bertz CT molecular complexity index is 1010. The Kier molecular flexibility index (Phi) is 3.76. The van der Waals surface area contributed by atoms with Gasteiger partial charge in [-0.1, -0.05) is 78.9 Å². The maximum atomic E-state index is 3.57. The van der Waals surface area contributed by atoms with Crippen molar-refractivity contribution in [3.8, 4) is 11.1 Å². The lowest BCUT2D eigenvalue weighted by Gasteiger charge is -2.03. The number of rotatable bonds is 3. The highest BCUT2D eigenvalue weighted by Crippen LogP contribution is 2.33. The first kappa shape index (κ1) is 14.5. The zero-order valence-corrected chi connectivity index (χ0v) is 13.7. The van der Waals surface area contributed by atoms with Crippen molar-refractivity contribution < 1.29 is 0 Å². The first-order chi connectivity index (χ1) is 11.8. The van der Waals surface area contributed by atoms with Gasteiger partial charge in [0.25, 0.3) is 0 Å². The number of fused-ring (bicyclic) bond motifs is 1. The van der Waals surface area contributed by atoms with Crippen molar-refractivity contribution in [3.05, 3.63) is 95.7 Å². The summed E-state index contributed by atoms with van der Waals surface area (Å²) in [4.78, 5) is 3.57. The predicted octanol–water partition coefficient (Wildman–Crippen LogP) is 6.31. The van der Waals surface area contributed by atoms with E-state index in [9.17, 15) is 0 Å². The summed E-state index contributed by atoms with van der Waals surface area (Å²) >= 11 is 0. The number of para-hydroxylation sites is 1. The summed E-state index contributed by atoms with van der Waals surface area (Å²) in [7, 11) is 0. The molecule has 1 heteroatoms. The summed E-state index contributed by atoms with van der Waals surface area (Å²) in [5.41, 5.74) is 7.34. The van der Waals surface area contributed by atoms with Gasteiger partial charge in [0.1, 0.15) is 0 Å². The predicted molar refractivity (Wildman–Crippen MR) is 104 cm³/mol. The van der Waals surface area contributed by atoms with Gasteiger partial charge in [0.2, 0.25) is 0 Å². The third-order valence-corrected chi connectivity index (χ3v) is 4.42. The zero-order valence-electron chi connectivity index (χ0n) is 13.7. The molecule has 1 N–H and O–H groups in total. The topological polar surface area (TPSA) is 15.8 Å². The van der Waals surface area contributed by atoms with Crippen molar-refractivity contribution in [2.75, 3.05) is 0 Å². The molecule has 24 heavy (non-hydrogen) atoms. The summed E-state index contributed by atoms with van der Waals surface area (Å²) in [5.74, 6) is 0. The third-order valence-electron chi connectivity index (χ3n) is 4.42. The largest absolute Gasteiger partial charge is 0.354 e. The first-order valence-corrected chi connectivity index (χ1v) is 8.23. The normalized spacial score (nSPS) is 11.4. The number of hydrogen-bond donors (Lipinski definition) is 1. The molecule has 0 aliphatic carbocycles. The average molecular weight is 309 g/mol. The van der Waals surface area contributed by atoms with Gasteiger partial charge in [-0.15, -0.1) is 0 Å². The fraction of sp³-hybridized carbons (Fsp3) is 0.0435. The second-order valence-corrected chi connectivity index (χ2v) is 6.02. The van der Waals surface area contributed by atoms with E-state index in [1.807, 2.05) is 0 Å². The van der Waals surface area contributed by atoms with Gasteiger partial charge in [0.15, 0.2) is 0 Å². The smallest absolute Gasteiger partial charge is 0.0471 e. The van der Waals surface area contributed by atoms with Crippen LogP contribution in [0.3, 0.4) is 0 Å². The molecule has 0 atom stereocenters. The van der Waals surface area contributed by atoms with E-state index in [2.05, 4.69) is 103 Å². The van der Waals surface area contributed by atoms with E-state index in [4.69, 9.17) is 0 Å². The van der Waals surface area contributed by atoms with Gasteiger partial charge in [-0.05, 0) is 35.8 Å². The summed E-state index contributed by atoms with van der Waals surface area (Å²) < 4.78 is 0. The van der Waals surface area contributed by atoms with Crippen LogP contribution in [0.25, 0.3) is 34.2 Å². The van der Waals surface area contributed by atoms with Crippen LogP contribution in [0.4, 0.5) is 0 Å². The van der Waals surface area contributed by atoms with E-state index in [-0.39, 0.29) is 0 Å². The van der Waals surface area contributed by atoms with Crippen LogP contribution in [0.1, 0.15) is 16.8 Å². The lowest BCUT2D eigenvalue weighted by Crippen LogP contribution is -1.81. The van der Waals surface area contributed by atoms with Gasteiger partial charge >= 0.3 is 0 Å². The second-order valence-electron chi connectivity index (χ2n) is 6.02. The van der Waals surface area contributed by atoms with Crippen molar-refractivity contribution >= 4 is 23.1 Å². The molecule has 0 aliphatic heterocycles. The van der Waals surface area contributed by atoms with E-state index < -0.39 is 0 Å². The van der Waals surface area contributed by atoms with Crippen LogP contribution in [-0.4, -0.2) is 4.98 Å². The monoisotopic (exact) mass is 309 g/mol. The van der Waals surface area contributed by atoms with Gasteiger partial charge in [-0.2, -0.15) is 0 Å². The molecule has 1 heterocycles. The minimum absolute atomic E-state index is 1.14. The number of aryl methyl sites for hydroxylation is 1. The third kappa shape index (κ3) is 2.65. The molecule has 4 aromatic rings. The SMILES string of the molecule is Cc1ccccc1/C=C/c1[nH]c2ccccc2c1-c1ccccc1. The highest BCUT2D eigenvalue weighted by Gasteiger charge is 2.10. The Balaban J connectivity index is 1.88. The zero-order chi connectivity index (χ0) is 16.4. The van der Waals surface area contributed by atoms with Gasteiger partial charge in [-0.25, -0.2) is 0 Å². The number of aromatic nitrogens is 1. The molecule has 0 spiro atoms. The van der Waals surface area contributed by atoms with Crippen LogP contribution in [0.15, 0.2) is 78.9 Å². The van der Waals surface area contributed by atoms with Crippen LogP contribution in [0, 0.1) is 6.92 Å². The molecular weight excluding hydrogens is 290 g/mol. The highest BCUT2D eigenvalue weighted by molar-refractivity contribution is 6.01. The van der Waals surface area contributed by atoms with Gasteiger partial charge in [0, 0.05) is 22.2 Å². The molecule has 0 fully saturated rings. The number of hydrogen-bond acceptors (Lipinski definition) is 0. The average Bonchev–Trinajstić information content (AvgIpc) is 3.00. The van der Waals surface area contributed by atoms with Crippen molar-refractivity contribution in [1.82, 2.24) is 4.98 Å². The Hall–Kier alpha value is -3.06. The van der Waals surface area contributed by atoms with Crippen LogP contribution in [-0.2, 0) is 0 Å². The van der Waals surface area contributed by atoms with Gasteiger partial charge < -0.3 is 4.98 Å². The molecule has 1 aromatic heterocycles. The molecule has 1 nitrogen and oxygen atoms in total. The van der Waals surface area contributed by atoms with Gasteiger partial charge in [-0.3, -0.25) is 0 Å². The number of H-pyrrole nitrogens is 1. The van der Waals surface area contributed by atoms with Crippen molar-refractivity contribution in [3.63, 3.8) is 0 Å². The Morgan fingerprint density at radius 1 is 0.708 bits per heavy atom. The van der Waals surface area contributed by atoms with E-state index in [0.29, 0.717) is 0 Å². The van der Waals surface area contributed by atoms with E-state index in [1.54, 1.807) is 0 Å². The standard InChI is InChI=1S/C23H19N/c1-17-9-5-6-10-18(17)15-16-22-23(19-11-3-2-4-12-19)20-13-7-8-14-21(20)24-22/h2-16,24H,1H3/b16-15+. The molecule has 3 aromatic carbocycles. The fourth-order valence-corrected chi connectivity index (χ4v) is 3.15. The quantitative estimate of drug-likeness (QED) is 0.456. The molecule has 0 radical (unpaired) electrons. The van der Waals surface area contributed by atoms with Crippen LogP contribution in [0.5, 0.6) is 0 Å². The Morgan fingerprint density at radius 3 is 2.25 bits per heavy atom. The molecule has 0 saturated heterocycles. The molecule has 0 amide bonds. The van der Waals surface area contributed by atoms with Crippen LogP contribution < -0.4 is 0 Å².